The molecule has 0 bridgehead atoms. The van der Waals surface area contributed by atoms with E-state index >= 15 is 0 Å². The number of nitrogens with zero attached hydrogens (tertiary/aromatic N) is 4. The molecule has 6 heteroatoms. The second kappa shape index (κ2) is 13.8. The summed E-state index contributed by atoms with van der Waals surface area (Å²) in [5, 5.41) is 7.00. The molecule has 0 atom stereocenters. The van der Waals surface area contributed by atoms with Crippen molar-refractivity contribution in [2.45, 2.75) is 86.6 Å². The van der Waals surface area contributed by atoms with Crippen LogP contribution in [0.5, 0.6) is 5.88 Å². The van der Waals surface area contributed by atoms with E-state index in [0.717, 1.165) is 59.4 Å². The van der Waals surface area contributed by atoms with E-state index in [9.17, 15) is 0 Å². The minimum Gasteiger partial charge on any atom is -0.480 e. The van der Waals surface area contributed by atoms with E-state index < -0.39 is 0 Å². The van der Waals surface area contributed by atoms with Crippen LogP contribution in [-0.4, -0.2) is 38.8 Å². The first-order valence-electron chi connectivity index (χ1n) is 11.8. The zero-order valence-corrected chi connectivity index (χ0v) is 21.5. The average Bonchev–Trinajstić information content (AvgIpc) is 3.14. The molecule has 0 amide bonds. The predicted octanol–water partition coefficient (Wildman–Crippen LogP) is 6.32. The van der Waals surface area contributed by atoms with Crippen molar-refractivity contribution in [1.82, 2.24) is 19.5 Å². The maximum atomic E-state index is 7.00. The Hall–Kier alpha value is -2.47. The molecule has 0 unspecified atom stereocenters. The van der Waals surface area contributed by atoms with Gasteiger partial charge >= 0.3 is 0 Å². The Labute approximate surface area is 194 Å². The maximum Gasteiger partial charge on any atom is 0.222 e. The highest BCUT2D eigenvalue weighted by atomic mass is 16.5. The Morgan fingerprint density at radius 2 is 1.66 bits per heavy atom. The van der Waals surface area contributed by atoms with Gasteiger partial charge in [-0.2, -0.15) is 0 Å². The highest BCUT2D eigenvalue weighted by Crippen LogP contribution is 2.32. The Morgan fingerprint density at radius 1 is 1.00 bits per heavy atom. The molecule has 0 aromatic carbocycles. The summed E-state index contributed by atoms with van der Waals surface area (Å²) in [6.45, 7) is 15.9. The maximum absolute atomic E-state index is 7.00. The third-order valence-corrected chi connectivity index (χ3v) is 5.25. The highest BCUT2D eigenvalue weighted by molar-refractivity contribution is 5.80. The van der Waals surface area contributed by atoms with Gasteiger partial charge in [-0.25, -0.2) is 15.0 Å². The molecule has 0 spiro atoms. The number of aryl methyl sites for hydroxylation is 3. The first kappa shape index (κ1) is 27.6. The number of unbranched alkanes of at least 4 members (excludes halogenated alkanes) is 2. The Morgan fingerprint density at radius 3 is 2.12 bits per heavy atom. The molecule has 0 aliphatic carbocycles. The predicted molar refractivity (Wildman–Crippen MR) is 135 cm³/mol. The largest absolute Gasteiger partial charge is 0.480 e. The summed E-state index contributed by atoms with van der Waals surface area (Å²) in [4.78, 5) is 14.5. The number of pyridine rings is 1. The van der Waals surface area contributed by atoms with E-state index in [1.54, 1.807) is 7.11 Å². The van der Waals surface area contributed by atoms with Crippen molar-refractivity contribution >= 4 is 11.2 Å². The molecule has 0 aliphatic rings. The van der Waals surface area contributed by atoms with Gasteiger partial charge in [-0.1, -0.05) is 53.9 Å². The number of aliphatic hydroxyl groups is 1. The molecule has 0 aliphatic heterocycles. The van der Waals surface area contributed by atoms with Crippen molar-refractivity contribution in [3.63, 3.8) is 0 Å². The van der Waals surface area contributed by atoms with Crippen LogP contribution in [0.3, 0.4) is 0 Å². The molecular formula is C26H42N4O2. The Balaban J connectivity index is 0.000000646. The second-order valence-electron chi connectivity index (χ2n) is 7.94. The fraction of sp³-hybridized carbons (Fsp3) is 0.577. The van der Waals surface area contributed by atoms with Gasteiger partial charge in [-0.3, -0.25) is 0 Å². The lowest BCUT2D eigenvalue weighted by Crippen LogP contribution is -2.04. The summed E-state index contributed by atoms with van der Waals surface area (Å²) in [6.07, 6.45) is 7.00. The van der Waals surface area contributed by atoms with E-state index in [4.69, 9.17) is 19.8 Å². The van der Waals surface area contributed by atoms with E-state index in [1.165, 1.54) is 19.3 Å². The zero-order chi connectivity index (χ0) is 24.3. The summed E-state index contributed by atoms with van der Waals surface area (Å²) in [7, 11) is 2.66. The lowest BCUT2D eigenvalue weighted by atomic mass is 10.1. The van der Waals surface area contributed by atoms with Crippen molar-refractivity contribution in [2.75, 3.05) is 14.2 Å². The van der Waals surface area contributed by atoms with Crippen molar-refractivity contribution in [2.24, 2.45) is 0 Å². The van der Waals surface area contributed by atoms with Gasteiger partial charge in [0.15, 0.2) is 5.65 Å². The van der Waals surface area contributed by atoms with Gasteiger partial charge in [0.2, 0.25) is 5.88 Å². The molecular weight excluding hydrogens is 400 g/mol. The fourth-order valence-corrected chi connectivity index (χ4v) is 3.45. The number of fused-ring (bicyclic) bond motifs is 1. The second-order valence-corrected chi connectivity index (χ2v) is 7.94. The standard InChI is InChI=1S/C20H26N4O.C5H12.CH4O/c1-7-15-18(14-9-10-16(12(3)4)22-20(14)25-6)23-17-13(5)11-24(8-2)19(17)21-15;1-3-5-4-2;1-2/h9-12H,7-8H2,1-6H3;3-5H2,1-2H3;2H,1H3. The van der Waals surface area contributed by atoms with Gasteiger partial charge in [0, 0.05) is 25.5 Å². The van der Waals surface area contributed by atoms with Crippen LogP contribution in [0.4, 0.5) is 0 Å². The van der Waals surface area contributed by atoms with Crippen LogP contribution < -0.4 is 4.74 Å². The quantitative estimate of drug-likeness (QED) is 0.463. The molecule has 3 aromatic rings. The van der Waals surface area contributed by atoms with Gasteiger partial charge in [-0.15, -0.1) is 0 Å². The first-order valence-corrected chi connectivity index (χ1v) is 11.8. The van der Waals surface area contributed by atoms with E-state index in [2.05, 4.69) is 76.3 Å². The van der Waals surface area contributed by atoms with Gasteiger partial charge in [-0.05, 0) is 43.9 Å². The minimum atomic E-state index is 0.350. The number of aliphatic hydroxyl groups excluding tert-OH is 1. The number of ether oxygens (including phenoxy) is 1. The average molecular weight is 443 g/mol. The van der Waals surface area contributed by atoms with Gasteiger partial charge in [0.25, 0.3) is 0 Å². The smallest absolute Gasteiger partial charge is 0.222 e. The Bertz CT molecular complexity index is 962. The third-order valence-electron chi connectivity index (χ3n) is 5.25. The summed E-state index contributed by atoms with van der Waals surface area (Å²) in [5.74, 6) is 0.963. The molecule has 178 valence electrons. The number of rotatable bonds is 7. The molecule has 0 saturated carbocycles. The molecule has 6 nitrogen and oxygen atoms in total. The topological polar surface area (TPSA) is 73.1 Å². The molecule has 1 N–H and O–H groups in total. The van der Waals surface area contributed by atoms with E-state index in [1.807, 2.05) is 0 Å². The van der Waals surface area contributed by atoms with Gasteiger partial charge in [0.05, 0.1) is 24.1 Å². The van der Waals surface area contributed by atoms with Crippen molar-refractivity contribution in [3.8, 4) is 17.1 Å². The molecule has 0 fully saturated rings. The zero-order valence-electron chi connectivity index (χ0n) is 21.5. The number of methoxy groups -OCH3 is 1. The summed E-state index contributed by atoms with van der Waals surface area (Å²) in [5.41, 5.74) is 6.79. The summed E-state index contributed by atoms with van der Waals surface area (Å²) >= 11 is 0. The van der Waals surface area contributed by atoms with Crippen LogP contribution >= 0.6 is 0 Å². The minimum absolute atomic E-state index is 0.350. The van der Waals surface area contributed by atoms with Crippen LogP contribution in [0.2, 0.25) is 0 Å². The molecule has 3 rings (SSSR count). The Kier molecular flexibility index (Phi) is 11.9. The first-order chi connectivity index (χ1) is 15.4. The van der Waals surface area contributed by atoms with Crippen LogP contribution in [-0.2, 0) is 13.0 Å². The van der Waals surface area contributed by atoms with Gasteiger partial charge < -0.3 is 14.4 Å². The van der Waals surface area contributed by atoms with Crippen LogP contribution in [0, 0.1) is 6.92 Å². The molecule has 3 heterocycles. The van der Waals surface area contributed by atoms with Crippen molar-refractivity contribution in [1.29, 1.82) is 0 Å². The summed E-state index contributed by atoms with van der Waals surface area (Å²) < 4.78 is 7.73. The lowest BCUT2D eigenvalue weighted by Gasteiger charge is -2.13. The summed E-state index contributed by atoms with van der Waals surface area (Å²) in [6, 6.07) is 4.11. The van der Waals surface area contributed by atoms with E-state index in [0.29, 0.717) is 11.8 Å². The molecule has 32 heavy (non-hydrogen) atoms. The molecule has 3 aromatic heterocycles. The lowest BCUT2D eigenvalue weighted by molar-refractivity contribution is 0.397. The monoisotopic (exact) mass is 442 g/mol. The number of hydrogen-bond acceptors (Lipinski definition) is 5. The molecule has 0 radical (unpaired) electrons. The SMILES string of the molecule is CCCCC.CCc1nc2c(nc1-c1ccc(C(C)C)nc1OC)c(C)cn2CC.CO. The van der Waals surface area contributed by atoms with Crippen LogP contribution in [0.1, 0.15) is 83.7 Å². The fourth-order valence-electron chi connectivity index (χ4n) is 3.45. The van der Waals surface area contributed by atoms with E-state index in [-0.39, 0.29) is 0 Å². The van der Waals surface area contributed by atoms with Crippen molar-refractivity contribution in [3.05, 3.63) is 35.3 Å². The highest BCUT2D eigenvalue weighted by Gasteiger charge is 2.19. The normalized spacial score (nSPS) is 10.5. The van der Waals surface area contributed by atoms with Gasteiger partial charge in [0.1, 0.15) is 5.52 Å². The van der Waals surface area contributed by atoms with Crippen molar-refractivity contribution < 1.29 is 9.84 Å². The number of aromatic nitrogens is 4. The molecule has 0 saturated heterocycles. The third kappa shape index (κ3) is 6.52. The van der Waals surface area contributed by atoms with Crippen LogP contribution in [0.25, 0.3) is 22.4 Å². The number of hydrogen-bond donors (Lipinski definition) is 1. The van der Waals surface area contributed by atoms with Crippen LogP contribution in [0.15, 0.2) is 18.3 Å².